The summed E-state index contributed by atoms with van der Waals surface area (Å²) in [6.07, 6.45) is -5.00. The van der Waals surface area contributed by atoms with Gasteiger partial charge in [0, 0.05) is 0 Å². The summed E-state index contributed by atoms with van der Waals surface area (Å²) in [5.41, 5.74) is -2.61. The quantitative estimate of drug-likeness (QED) is 0.763. The Hall–Kier alpha value is -2.37. The number of rotatable bonds is 4. The zero-order valence-electron chi connectivity index (χ0n) is 13.3. The lowest BCUT2D eigenvalue weighted by Gasteiger charge is -2.31. The second-order valence-electron chi connectivity index (χ2n) is 5.57. The number of hydrogen-bond donors (Lipinski definition) is 0. The van der Waals surface area contributed by atoms with Crippen LogP contribution < -0.4 is 0 Å². The standard InChI is InChI=1S/C17H14F3NO3S/c1-12-3-9-15(10-4-12)25(22,23)24-16(2,17(18,19)20)14-7-5-13(11-21)6-8-14/h3-10H,1-2H3. The summed E-state index contributed by atoms with van der Waals surface area (Å²) >= 11 is 0. The van der Waals surface area contributed by atoms with Crippen LogP contribution in [0.2, 0.25) is 0 Å². The summed E-state index contributed by atoms with van der Waals surface area (Å²) < 4.78 is 70.2. The molecule has 1 atom stereocenters. The number of benzene rings is 2. The molecule has 132 valence electrons. The van der Waals surface area contributed by atoms with Gasteiger partial charge in [-0.1, -0.05) is 29.8 Å². The lowest BCUT2D eigenvalue weighted by molar-refractivity contribution is -0.246. The van der Waals surface area contributed by atoms with Crippen molar-refractivity contribution in [2.45, 2.75) is 30.5 Å². The number of alkyl halides is 3. The van der Waals surface area contributed by atoms with E-state index in [1.807, 2.05) is 0 Å². The lowest BCUT2D eigenvalue weighted by atomic mass is 9.95. The molecule has 0 aliphatic heterocycles. The van der Waals surface area contributed by atoms with Crippen LogP contribution in [0.4, 0.5) is 13.2 Å². The Morgan fingerprint density at radius 2 is 1.52 bits per heavy atom. The molecule has 0 aliphatic rings. The smallest absolute Gasteiger partial charge is 0.245 e. The average molecular weight is 369 g/mol. The monoisotopic (exact) mass is 369 g/mol. The van der Waals surface area contributed by atoms with Crippen LogP contribution in [0.15, 0.2) is 53.4 Å². The first-order valence-corrected chi connectivity index (χ1v) is 8.50. The van der Waals surface area contributed by atoms with Crippen molar-refractivity contribution in [1.29, 1.82) is 5.26 Å². The summed E-state index contributed by atoms with van der Waals surface area (Å²) in [5.74, 6) is 0. The van der Waals surface area contributed by atoms with Gasteiger partial charge in [0.05, 0.1) is 16.5 Å². The van der Waals surface area contributed by atoms with Gasteiger partial charge in [0.15, 0.2) is 0 Å². The second kappa shape index (κ2) is 6.50. The largest absolute Gasteiger partial charge is 0.422 e. The molecule has 0 aliphatic carbocycles. The van der Waals surface area contributed by atoms with Crippen LogP contribution in [0.5, 0.6) is 0 Å². The number of aryl methyl sites for hydroxylation is 1. The molecule has 8 heteroatoms. The second-order valence-corrected chi connectivity index (χ2v) is 7.12. The SMILES string of the molecule is Cc1ccc(S(=O)(=O)OC(C)(c2ccc(C#N)cc2)C(F)(F)F)cc1. The van der Waals surface area contributed by atoms with Crippen molar-refractivity contribution in [3.05, 3.63) is 65.2 Å². The summed E-state index contributed by atoms with van der Waals surface area (Å²) in [7, 11) is -4.67. The molecule has 0 aromatic heterocycles. The molecule has 25 heavy (non-hydrogen) atoms. The minimum absolute atomic E-state index is 0.148. The molecule has 0 saturated carbocycles. The van der Waals surface area contributed by atoms with Crippen LogP contribution in [0.25, 0.3) is 0 Å². The molecule has 2 rings (SSSR count). The van der Waals surface area contributed by atoms with Crippen LogP contribution in [0.3, 0.4) is 0 Å². The fourth-order valence-electron chi connectivity index (χ4n) is 2.09. The van der Waals surface area contributed by atoms with Crippen molar-refractivity contribution in [2.75, 3.05) is 0 Å². The van der Waals surface area contributed by atoms with E-state index in [-0.39, 0.29) is 10.5 Å². The van der Waals surface area contributed by atoms with E-state index in [0.29, 0.717) is 6.92 Å². The Balaban J connectivity index is 2.51. The maximum Gasteiger partial charge on any atom is 0.422 e. The third-order valence-corrected chi connectivity index (χ3v) is 5.09. The highest BCUT2D eigenvalue weighted by Crippen LogP contribution is 2.44. The molecule has 1 unspecified atom stereocenters. The van der Waals surface area contributed by atoms with Crippen LogP contribution >= 0.6 is 0 Å². The summed E-state index contributed by atoms with van der Waals surface area (Å²) in [5, 5.41) is 8.75. The first kappa shape index (κ1) is 19.0. The van der Waals surface area contributed by atoms with Gasteiger partial charge in [-0.2, -0.15) is 26.9 Å². The Morgan fingerprint density at radius 3 is 1.96 bits per heavy atom. The normalized spacial score (nSPS) is 14.6. The van der Waals surface area contributed by atoms with Crippen molar-refractivity contribution in [3.63, 3.8) is 0 Å². The maximum absolute atomic E-state index is 13.6. The van der Waals surface area contributed by atoms with E-state index < -0.39 is 27.5 Å². The van der Waals surface area contributed by atoms with Crippen LogP contribution in [0.1, 0.15) is 23.6 Å². The maximum atomic E-state index is 13.6. The third-order valence-electron chi connectivity index (χ3n) is 3.69. The van der Waals surface area contributed by atoms with Gasteiger partial charge in [-0.05, 0) is 43.7 Å². The predicted molar refractivity (Wildman–Crippen MR) is 84.0 cm³/mol. The number of nitriles is 1. The minimum atomic E-state index is -5.00. The number of hydrogen-bond acceptors (Lipinski definition) is 4. The molecule has 4 nitrogen and oxygen atoms in total. The highest BCUT2D eigenvalue weighted by Gasteiger charge is 2.56. The fraction of sp³-hybridized carbons (Fsp3) is 0.235. The van der Waals surface area contributed by atoms with Gasteiger partial charge in [-0.15, -0.1) is 0 Å². The van der Waals surface area contributed by atoms with Crippen molar-refractivity contribution < 1.29 is 25.8 Å². The van der Waals surface area contributed by atoms with E-state index in [4.69, 9.17) is 5.26 Å². The highest BCUT2D eigenvalue weighted by molar-refractivity contribution is 7.86. The van der Waals surface area contributed by atoms with Gasteiger partial charge in [-0.25, -0.2) is 4.18 Å². The van der Waals surface area contributed by atoms with Gasteiger partial charge in [-0.3, -0.25) is 0 Å². The minimum Gasteiger partial charge on any atom is -0.245 e. The molecule has 0 heterocycles. The molecular weight excluding hydrogens is 355 g/mol. The summed E-state index contributed by atoms with van der Waals surface area (Å²) in [4.78, 5) is -0.373. The first-order valence-electron chi connectivity index (χ1n) is 7.09. The van der Waals surface area contributed by atoms with Crippen LogP contribution in [-0.2, 0) is 19.9 Å². The summed E-state index contributed by atoms with van der Waals surface area (Å²) in [6, 6.07) is 11.5. The molecule has 0 amide bonds. The third kappa shape index (κ3) is 3.83. The predicted octanol–water partition coefficient (Wildman–Crippen LogP) is 4.05. The van der Waals surface area contributed by atoms with Crippen LogP contribution in [0, 0.1) is 18.3 Å². The highest BCUT2D eigenvalue weighted by atomic mass is 32.2. The van der Waals surface area contributed by atoms with E-state index in [9.17, 15) is 21.6 Å². The first-order chi connectivity index (χ1) is 11.5. The molecule has 0 saturated heterocycles. The van der Waals surface area contributed by atoms with Crippen molar-refractivity contribution >= 4 is 10.1 Å². The molecule has 0 fully saturated rings. The van der Waals surface area contributed by atoms with Crippen molar-refractivity contribution in [1.82, 2.24) is 0 Å². The zero-order valence-corrected chi connectivity index (χ0v) is 14.1. The fourth-order valence-corrected chi connectivity index (χ4v) is 3.29. The lowest BCUT2D eigenvalue weighted by Crippen LogP contribution is -2.43. The van der Waals surface area contributed by atoms with Gasteiger partial charge in [0.2, 0.25) is 5.60 Å². The van der Waals surface area contributed by atoms with Gasteiger partial charge < -0.3 is 0 Å². The topological polar surface area (TPSA) is 67.2 Å². The van der Waals surface area contributed by atoms with Crippen molar-refractivity contribution in [2.24, 2.45) is 0 Å². The van der Waals surface area contributed by atoms with E-state index in [1.165, 1.54) is 36.4 Å². The van der Waals surface area contributed by atoms with Gasteiger partial charge in [0.25, 0.3) is 10.1 Å². The van der Waals surface area contributed by atoms with Gasteiger partial charge in [0.1, 0.15) is 0 Å². The van der Waals surface area contributed by atoms with E-state index in [1.54, 1.807) is 13.0 Å². The average Bonchev–Trinajstić information content (AvgIpc) is 2.54. The van der Waals surface area contributed by atoms with E-state index in [2.05, 4.69) is 4.18 Å². The number of halogens is 3. The molecule has 0 radical (unpaired) electrons. The molecular formula is C17H14F3NO3S. The Morgan fingerprint density at radius 1 is 1.00 bits per heavy atom. The molecule has 2 aromatic carbocycles. The molecule has 0 bridgehead atoms. The Labute approximate surface area is 143 Å². The molecule has 0 spiro atoms. The van der Waals surface area contributed by atoms with E-state index >= 15 is 0 Å². The zero-order chi connectivity index (χ0) is 18.9. The van der Waals surface area contributed by atoms with Crippen molar-refractivity contribution in [3.8, 4) is 6.07 Å². The number of nitrogens with zero attached hydrogens (tertiary/aromatic N) is 1. The molecule has 2 aromatic rings. The molecule has 0 N–H and O–H groups in total. The Kier molecular flexibility index (Phi) is 4.93. The van der Waals surface area contributed by atoms with Gasteiger partial charge >= 0.3 is 6.18 Å². The summed E-state index contributed by atoms with van der Waals surface area (Å²) in [6.45, 7) is 2.36. The van der Waals surface area contributed by atoms with Crippen LogP contribution in [-0.4, -0.2) is 14.6 Å². The van der Waals surface area contributed by atoms with E-state index in [0.717, 1.165) is 17.7 Å². The Bertz CT molecular complexity index is 898.